The second-order valence-electron chi connectivity index (χ2n) is 9.04. The van der Waals surface area contributed by atoms with Crippen molar-refractivity contribution in [2.45, 2.75) is 46.7 Å². The average molecular weight is 504 g/mol. The van der Waals surface area contributed by atoms with Crippen LogP contribution in [-0.2, 0) is 26.2 Å². The zero-order valence-corrected chi connectivity index (χ0v) is 22.3. The molecule has 0 radical (unpaired) electrons. The van der Waals surface area contributed by atoms with E-state index in [1.807, 2.05) is 52.0 Å². The first-order valence-electron chi connectivity index (χ1n) is 11.7. The third kappa shape index (κ3) is 8.28. The van der Waals surface area contributed by atoms with E-state index in [1.54, 1.807) is 24.3 Å². The number of benzene rings is 2. The molecule has 2 aromatic rings. The summed E-state index contributed by atoms with van der Waals surface area (Å²) < 4.78 is 31.6. The zero-order chi connectivity index (χ0) is 26.2. The van der Waals surface area contributed by atoms with Gasteiger partial charge in [0.05, 0.1) is 19.1 Å². The number of anilines is 1. The zero-order valence-electron chi connectivity index (χ0n) is 21.4. The smallest absolute Gasteiger partial charge is 0.244 e. The number of carbonyl (C=O) groups excluding carboxylic acids is 2. The van der Waals surface area contributed by atoms with Gasteiger partial charge in [-0.1, -0.05) is 56.7 Å². The van der Waals surface area contributed by atoms with Gasteiger partial charge >= 0.3 is 0 Å². The van der Waals surface area contributed by atoms with Crippen LogP contribution >= 0.6 is 0 Å². The van der Waals surface area contributed by atoms with Crippen molar-refractivity contribution >= 4 is 27.5 Å². The molecule has 0 aliphatic rings. The molecule has 0 spiro atoms. The molecule has 1 N–H and O–H groups in total. The fraction of sp³-hybridized carbons (Fsp3) is 0.462. The first-order valence-corrected chi connectivity index (χ1v) is 13.6. The first-order chi connectivity index (χ1) is 16.5. The summed E-state index contributed by atoms with van der Waals surface area (Å²) in [5.74, 6) is 0.00617. The maximum Gasteiger partial charge on any atom is 0.244 e. The van der Waals surface area contributed by atoms with Gasteiger partial charge in [0.25, 0.3) is 0 Å². The van der Waals surface area contributed by atoms with Gasteiger partial charge in [0.1, 0.15) is 18.3 Å². The van der Waals surface area contributed by atoms with Crippen LogP contribution in [0.15, 0.2) is 48.5 Å². The molecular formula is C26H37N3O5S. The highest BCUT2D eigenvalue weighted by molar-refractivity contribution is 7.92. The van der Waals surface area contributed by atoms with Crippen LogP contribution in [0.4, 0.5) is 5.69 Å². The Morgan fingerprint density at radius 1 is 1.09 bits per heavy atom. The van der Waals surface area contributed by atoms with Crippen LogP contribution in [0, 0.1) is 12.8 Å². The largest absolute Gasteiger partial charge is 0.497 e. The molecule has 0 aliphatic heterocycles. The molecule has 9 heteroatoms. The van der Waals surface area contributed by atoms with Gasteiger partial charge < -0.3 is 15.0 Å². The molecule has 0 heterocycles. The number of rotatable bonds is 12. The van der Waals surface area contributed by atoms with Gasteiger partial charge in [0, 0.05) is 19.2 Å². The fourth-order valence-electron chi connectivity index (χ4n) is 3.73. The van der Waals surface area contributed by atoms with E-state index in [4.69, 9.17) is 4.74 Å². The van der Waals surface area contributed by atoms with Crippen molar-refractivity contribution in [1.82, 2.24) is 10.2 Å². The summed E-state index contributed by atoms with van der Waals surface area (Å²) in [6.07, 6.45) is 1.44. The maximum atomic E-state index is 13.7. The van der Waals surface area contributed by atoms with E-state index in [1.165, 1.54) is 12.0 Å². The molecule has 1 atom stereocenters. The number of hydrogen-bond acceptors (Lipinski definition) is 5. The first kappa shape index (κ1) is 28.2. The summed E-state index contributed by atoms with van der Waals surface area (Å²) in [6, 6.07) is 13.5. The van der Waals surface area contributed by atoms with Gasteiger partial charge in [-0.15, -0.1) is 0 Å². The van der Waals surface area contributed by atoms with E-state index in [0.29, 0.717) is 24.4 Å². The van der Waals surface area contributed by atoms with E-state index < -0.39 is 28.5 Å². The Kier molecular flexibility index (Phi) is 10.1. The number of nitrogens with zero attached hydrogens (tertiary/aromatic N) is 2. The summed E-state index contributed by atoms with van der Waals surface area (Å²) in [5, 5.41) is 2.91. The molecule has 0 fully saturated rings. The summed E-state index contributed by atoms with van der Waals surface area (Å²) in [6.45, 7) is 8.02. The number of ether oxygens (including phenoxy) is 1. The van der Waals surface area contributed by atoms with Gasteiger partial charge in [-0.25, -0.2) is 8.42 Å². The van der Waals surface area contributed by atoms with Crippen molar-refractivity contribution in [3.8, 4) is 5.75 Å². The predicted molar refractivity (Wildman–Crippen MR) is 139 cm³/mol. The van der Waals surface area contributed by atoms with E-state index in [9.17, 15) is 18.0 Å². The van der Waals surface area contributed by atoms with E-state index in [-0.39, 0.29) is 18.4 Å². The van der Waals surface area contributed by atoms with Crippen LogP contribution in [0.25, 0.3) is 0 Å². The highest BCUT2D eigenvalue weighted by Gasteiger charge is 2.31. The lowest BCUT2D eigenvalue weighted by atomic mass is 10.1. The van der Waals surface area contributed by atoms with Crippen LogP contribution in [-0.4, -0.2) is 57.6 Å². The van der Waals surface area contributed by atoms with Crippen molar-refractivity contribution in [1.29, 1.82) is 0 Å². The number of nitrogens with one attached hydrogen (secondary N) is 1. The molecule has 0 saturated carbocycles. The number of sulfonamides is 1. The Labute approximate surface area is 209 Å². The molecule has 2 amide bonds. The fourth-order valence-corrected chi connectivity index (χ4v) is 4.57. The van der Waals surface area contributed by atoms with Crippen LogP contribution in [0.5, 0.6) is 5.75 Å². The van der Waals surface area contributed by atoms with Crippen LogP contribution < -0.4 is 14.4 Å². The van der Waals surface area contributed by atoms with Crippen molar-refractivity contribution in [3.63, 3.8) is 0 Å². The van der Waals surface area contributed by atoms with Crippen molar-refractivity contribution in [3.05, 3.63) is 59.7 Å². The number of carbonyl (C=O) groups is 2. The van der Waals surface area contributed by atoms with E-state index >= 15 is 0 Å². The standard InChI is InChI=1S/C26H37N3O5S/c1-7-24(26(31)27-16-19(2)3)28(17-21-11-8-10-20(4)14-21)25(30)18-29(35(6,32)33)22-12-9-13-23(15-22)34-5/h8-15,19,24H,7,16-18H2,1-6H3,(H,27,31)/t24-/m1/s1. The highest BCUT2D eigenvalue weighted by Crippen LogP contribution is 2.24. The third-order valence-electron chi connectivity index (χ3n) is 5.53. The lowest BCUT2D eigenvalue weighted by Crippen LogP contribution is -2.52. The van der Waals surface area contributed by atoms with Crippen LogP contribution in [0.1, 0.15) is 38.3 Å². The average Bonchev–Trinajstić information content (AvgIpc) is 2.80. The minimum Gasteiger partial charge on any atom is -0.497 e. The summed E-state index contributed by atoms with van der Waals surface area (Å²) in [4.78, 5) is 28.2. The van der Waals surface area contributed by atoms with Gasteiger partial charge in [-0.2, -0.15) is 0 Å². The topological polar surface area (TPSA) is 96.0 Å². The molecule has 192 valence electrons. The minimum atomic E-state index is -3.80. The Balaban J connectivity index is 2.43. The maximum absolute atomic E-state index is 13.7. The van der Waals surface area contributed by atoms with Crippen molar-refractivity contribution < 1.29 is 22.7 Å². The van der Waals surface area contributed by atoms with Crippen molar-refractivity contribution in [2.75, 3.05) is 30.8 Å². The molecule has 0 saturated heterocycles. The van der Waals surface area contributed by atoms with Gasteiger partial charge in [0.15, 0.2) is 0 Å². The number of hydrogen-bond donors (Lipinski definition) is 1. The second-order valence-corrected chi connectivity index (χ2v) is 11.0. The van der Waals surface area contributed by atoms with Gasteiger partial charge in [0.2, 0.25) is 21.8 Å². The Morgan fingerprint density at radius 3 is 2.34 bits per heavy atom. The molecular weight excluding hydrogens is 466 g/mol. The van der Waals surface area contributed by atoms with Crippen LogP contribution in [0.3, 0.4) is 0 Å². The molecule has 0 aromatic heterocycles. The Bertz CT molecular complexity index is 1120. The van der Waals surface area contributed by atoms with Gasteiger partial charge in [-0.3, -0.25) is 13.9 Å². The van der Waals surface area contributed by atoms with Gasteiger partial charge in [-0.05, 0) is 37.0 Å². The molecule has 2 aromatic carbocycles. The molecule has 0 bridgehead atoms. The third-order valence-corrected chi connectivity index (χ3v) is 6.67. The highest BCUT2D eigenvalue weighted by atomic mass is 32.2. The SMILES string of the molecule is CC[C@H](C(=O)NCC(C)C)N(Cc1cccc(C)c1)C(=O)CN(c1cccc(OC)c1)S(C)(=O)=O. The summed E-state index contributed by atoms with van der Waals surface area (Å²) >= 11 is 0. The second kappa shape index (κ2) is 12.6. The normalized spacial score (nSPS) is 12.2. The Morgan fingerprint density at radius 2 is 1.77 bits per heavy atom. The van der Waals surface area contributed by atoms with E-state index in [2.05, 4.69) is 5.32 Å². The molecule has 2 rings (SSSR count). The predicted octanol–water partition coefficient (Wildman–Crippen LogP) is 3.35. The minimum absolute atomic E-state index is 0.184. The van der Waals surface area contributed by atoms with Crippen LogP contribution in [0.2, 0.25) is 0 Å². The Hall–Kier alpha value is -3.07. The van der Waals surface area contributed by atoms with E-state index in [0.717, 1.165) is 21.7 Å². The summed E-state index contributed by atoms with van der Waals surface area (Å²) in [5.41, 5.74) is 2.20. The monoisotopic (exact) mass is 503 g/mol. The summed E-state index contributed by atoms with van der Waals surface area (Å²) in [7, 11) is -2.31. The van der Waals surface area contributed by atoms with Crippen molar-refractivity contribution in [2.24, 2.45) is 5.92 Å². The lowest BCUT2D eigenvalue weighted by Gasteiger charge is -2.33. The molecule has 8 nitrogen and oxygen atoms in total. The number of aryl methyl sites for hydroxylation is 1. The molecule has 35 heavy (non-hydrogen) atoms. The molecule has 0 aliphatic carbocycles. The molecule has 0 unspecified atom stereocenters. The number of methoxy groups -OCH3 is 1. The quantitative estimate of drug-likeness (QED) is 0.479. The lowest BCUT2D eigenvalue weighted by molar-refractivity contribution is -0.140. The number of amides is 2.